The summed E-state index contributed by atoms with van der Waals surface area (Å²) in [5.41, 5.74) is 0.913. The van der Waals surface area contributed by atoms with Gasteiger partial charge in [0.05, 0.1) is 13.2 Å². The predicted molar refractivity (Wildman–Crippen MR) is 74.8 cm³/mol. The third-order valence-electron chi connectivity index (χ3n) is 3.70. The monoisotopic (exact) mass is 275 g/mol. The Bertz CT molecular complexity index is 570. The summed E-state index contributed by atoms with van der Waals surface area (Å²) in [5, 5.41) is 3.47. The van der Waals surface area contributed by atoms with Crippen LogP contribution in [0.1, 0.15) is 19.1 Å². The van der Waals surface area contributed by atoms with E-state index in [9.17, 15) is 4.39 Å². The van der Waals surface area contributed by atoms with Gasteiger partial charge in [-0.05, 0) is 49.7 Å². The molecule has 1 fully saturated rings. The number of ether oxygens (including phenoxy) is 1. The van der Waals surface area contributed by atoms with Crippen molar-refractivity contribution in [2.45, 2.75) is 25.4 Å². The van der Waals surface area contributed by atoms with Crippen LogP contribution in [0.3, 0.4) is 0 Å². The summed E-state index contributed by atoms with van der Waals surface area (Å²) in [6.07, 6.45) is 1.01. The summed E-state index contributed by atoms with van der Waals surface area (Å²) in [6, 6.07) is 10.2. The van der Waals surface area contributed by atoms with Crippen molar-refractivity contribution < 1.29 is 13.5 Å². The molecule has 1 saturated heterocycles. The third-order valence-corrected chi connectivity index (χ3v) is 3.70. The molecule has 2 heterocycles. The molecule has 3 rings (SSSR count). The van der Waals surface area contributed by atoms with E-state index in [2.05, 4.69) is 12.2 Å². The quantitative estimate of drug-likeness (QED) is 0.929. The molecule has 1 aromatic carbocycles. The van der Waals surface area contributed by atoms with Crippen LogP contribution in [0.4, 0.5) is 4.39 Å². The lowest BCUT2D eigenvalue weighted by atomic mass is 10.0. The first kappa shape index (κ1) is 13.3. The average Bonchev–Trinajstić information content (AvgIpc) is 3.07. The van der Waals surface area contributed by atoms with E-state index >= 15 is 0 Å². The molecule has 0 saturated carbocycles. The molecule has 20 heavy (non-hydrogen) atoms. The number of halogens is 1. The van der Waals surface area contributed by atoms with Gasteiger partial charge in [-0.3, -0.25) is 0 Å². The Morgan fingerprint density at radius 2 is 2.00 bits per heavy atom. The van der Waals surface area contributed by atoms with Crippen LogP contribution in [0.25, 0.3) is 11.3 Å². The predicted octanol–water partition coefficient (Wildman–Crippen LogP) is 3.35. The van der Waals surface area contributed by atoms with E-state index in [-0.39, 0.29) is 11.4 Å². The van der Waals surface area contributed by atoms with Crippen molar-refractivity contribution in [3.05, 3.63) is 48.0 Å². The Hall–Kier alpha value is -1.65. The Kier molecular flexibility index (Phi) is 3.59. The molecule has 2 aromatic rings. The van der Waals surface area contributed by atoms with Crippen LogP contribution < -0.4 is 5.32 Å². The largest absolute Gasteiger partial charge is 0.460 e. The fourth-order valence-electron chi connectivity index (χ4n) is 2.35. The molecule has 1 unspecified atom stereocenters. The average molecular weight is 275 g/mol. The molecule has 0 amide bonds. The summed E-state index contributed by atoms with van der Waals surface area (Å²) >= 11 is 0. The molecule has 4 heteroatoms. The minimum Gasteiger partial charge on any atom is -0.460 e. The summed E-state index contributed by atoms with van der Waals surface area (Å²) in [6.45, 7) is 4.37. The second-order valence-corrected chi connectivity index (χ2v) is 5.49. The van der Waals surface area contributed by atoms with Gasteiger partial charge in [-0.15, -0.1) is 0 Å². The van der Waals surface area contributed by atoms with E-state index in [1.165, 1.54) is 12.1 Å². The molecule has 0 radical (unpaired) electrons. The standard InChI is InChI=1S/C16H18FNO2/c1-16(8-9-19-11-16)18-10-14-6-7-15(20-14)12-2-4-13(17)5-3-12/h2-7,18H,8-11H2,1H3. The van der Waals surface area contributed by atoms with Gasteiger partial charge < -0.3 is 14.5 Å². The van der Waals surface area contributed by atoms with Gasteiger partial charge in [0, 0.05) is 17.7 Å². The van der Waals surface area contributed by atoms with Gasteiger partial charge in [0.25, 0.3) is 0 Å². The van der Waals surface area contributed by atoms with E-state index in [0.717, 1.165) is 36.7 Å². The molecule has 106 valence electrons. The van der Waals surface area contributed by atoms with Crippen molar-refractivity contribution >= 4 is 0 Å². The summed E-state index contributed by atoms with van der Waals surface area (Å²) in [4.78, 5) is 0. The number of furan rings is 1. The zero-order chi connectivity index (χ0) is 14.0. The zero-order valence-electron chi connectivity index (χ0n) is 11.5. The first-order valence-corrected chi connectivity index (χ1v) is 6.82. The highest BCUT2D eigenvalue weighted by Gasteiger charge is 2.29. The van der Waals surface area contributed by atoms with Gasteiger partial charge in [-0.1, -0.05) is 0 Å². The van der Waals surface area contributed by atoms with Crippen molar-refractivity contribution in [1.29, 1.82) is 0 Å². The molecule has 1 aliphatic heterocycles. The van der Waals surface area contributed by atoms with Gasteiger partial charge in [0.1, 0.15) is 17.3 Å². The second kappa shape index (κ2) is 5.38. The Morgan fingerprint density at radius 1 is 1.20 bits per heavy atom. The van der Waals surface area contributed by atoms with Crippen LogP contribution in [-0.4, -0.2) is 18.8 Å². The van der Waals surface area contributed by atoms with Crippen molar-refractivity contribution in [3.63, 3.8) is 0 Å². The molecule has 0 spiro atoms. The fraction of sp³-hybridized carbons (Fsp3) is 0.375. The lowest BCUT2D eigenvalue weighted by Crippen LogP contribution is -2.42. The van der Waals surface area contributed by atoms with E-state index in [4.69, 9.17) is 9.15 Å². The Balaban J connectivity index is 1.66. The Labute approximate surface area is 117 Å². The van der Waals surface area contributed by atoms with Crippen LogP contribution in [0.5, 0.6) is 0 Å². The molecule has 1 aliphatic rings. The smallest absolute Gasteiger partial charge is 0.134 e. The van der Waals surface area contributed by atoms with Crippen LogP contribution >= 0.6 is 0 Å². The molecular weight excluding hydrogens is 257 g/mol. The van der Waals surface area contributed by atoms with Gasteiger partial charge in [0.2, 0.25) is 0 Å². The van der Waals surface area contributed by atoms with Gasteiger partial charge in [0.15, 0.2) is 0 Å². The van der Waals surface area contributed by atoms with Crippen LogP contribution in [0.15, 0.2) is 40.8 Å². The minimum absolute atomic E-state index is 0.0306. The molecule has 3 nitrogen and oxygen atoms in total. The molecule has 0 bridgehead atoms. The van der Waals surface area contributed by atoms with Gasteiger partial charge in [-0.25, -0.2) is 4.39 Å². The van der Waals surface area contributed by atoms with E-state index < -0.39 is 0 Å². The lowest BCUT2D eigenvalue weighted by Gasteiger charge is -2.22. The highest BCUT2D eigenvalue weighted by Crippen LogP contribution is 2.23. The highest BCUT2D eigenvalue weighted by molar-refractivity contribution is 5.57. The summed E-state index contributed by atoms with van der Waals surface area (Å²) in [7, 11) is 0. The molecular formula is C16H18FNO2. The number of hydrogen-bond donors (Lipinski definition) is 1. The molecule has 0 aliphatic carbocycles. The topological polar surface area (TPSA) is 34.4 Å². The maximum Gasteiger partial charge on any atom is 0.134 e. The first-order chi connectivity index (χ1) is 9.65. The van der Waals surface area contributed by atoms with Crippen LogP contribution in [-0.2, 0) is 11.3 Å². The number of hydrogen-bond acceptors (Lipinski definition) is 3. The number of benzene rings is 1. The van der Waals surface area contributed by atoms with Crippen LogP contribution in [0, 0.1) is 5.82 Å². The van der Waals surface area contributed by atoms with Crippen molar-refractivity contribution in [3.8, 4) is 11.3 Å². The lowest BCUT2D eigenvalue weighted by molar-refractivity contribution is 0.170. The number of rotatable bonds is 4. The van der Waals surface area contributed by atoms with Crippen molar-refractivity contribution in [1.82, 2.24) is 5.32 Å². The molecule has 1 N–H and O–H groups in total. The first-order valence-electron chi connectivity index (χ1n) is 6.82. The highest BCUT2D eigenvalue weighted by atomic mass is 19.1. The van der Waals surface area contributed by atoms with Crippen molar-refractivity contribution in [2.24, 2.45) is 0 Å². The normalized spacial score (nSPS) is 22.3. The van der Waals surface area contributed by atoms with Crippen LogP contribution in [0.2, 0.25) is 0 Å². The third kappa shape index (κ3) is 2.92. The molecule has 1 aromatic heterocycles. The minimum atomic E-state index is -0.239. The Morgan fingerprint density at radius 3 is 2.70 bits per heavy atom. The van der Waals surface area contributed by atoms with Crippen molar-refractivity contribution in [2.75, 3.05) is 13.2 Å². The summed E-state index contributed by atoms with van der Waals surface area (Å²) < 4.78 is 24.1. The maximum absolute atomic E-state index is 12.9. The zero-order valence-corrected chi connectivity index (χ0v) is 11.5. The van der Waals surface area contributed by atoms with E-state index in [0.29, 0.717) is 6.54 Å². The van der Waals surface area contributed by atoms with Gasteiger partial charge in [-0.2, -0.15) is 0 Å². The summed E-state index contributed by atoms with van der Waals surface area (Å²) in [5.74, 6) is 1.39. The van der Waals surface area contributed by atoms with E-state index in [1.54, 1.807) is 12.1 Å². The van der Waals surface area contributed by atoms with Gasteiger partial charge >= 0.3 is 0 Å². The SMILES string of the molecule is CC1(NCc2ccc(-c3ccc(F)cc3)o2)CCOC1. The number of nitrogens with one attached hydrogen (secondary N) is 1. The fourth-order valence-corrected chi connectivity index (χ4v) is 2.35. The van der Waals surface area contributed by atoms with E-state index in [1.807, 2.05) is 12.1 Å². The molecule has 1 atom stereocenters. The second-order valence-electron chi connectivity index (χ2n) is 5.49. The maximum atomic E-state index is 12.9.